The van der Waals surface area contributed by atoms with Gasteiger partial charge in [0.25, 0.3) is 0 Å². The predicted molar refractivity (Wildman–Crippen MR) is 86.7 cm³/mol. The first-order valence-corrected chi connectivity index (χ1v) is 8.87. The average Bonchev–Trinajstić information content (AvgIpc) is 2.45. The fourth-order valence-electron chi connectivity index (χ4n) is 2.10. The van der Waals surface area contributed by atoms with Gasteiger partial charge in [-0.3, -0.25) is 0 Å². The Morgan fingerprint density at radius 2 is 2.05 bits per heavy atom. The highest BCUT2D eigenvalue weighted by molar-refractivity contribution is 7.91. The molecule has 1 aromatic carbocycles. The van der Waals surface area contributed by atoms with Crippen molar-refractivity contribution >= 4 is 38.2 Å². The van der Waals surface area contributed by atoms with Crippen molar-refractivity contribution in [3.05, 3.63) is 29.5 Å². The van der Waals surface area contributed by atoms with E-state index in [1.807, 2.05) is 24.9 Å². The van der Waals surface area contributed by atoms with Gasteiger partial charge in [-0.2, -0.15) is 0 Å². The van der Waals surface area contributed by atoms with Crippen molar-refractivity contribution in [3.8, 4) is 0 Å². The van der Waals surface area contributed by atoms with Crippen LogP contribution in [0.5, 0.6) is 0 Å². The van der Waals surface area contributed by atoms with E-state index in [2.05, 4.69) is 9.97 Å². The van der Waals surface area contributed by atoms with E-state index >= 15 is 0 Å². The largest absolute Gasteiger partial charge is 0.355 e. The highest BCUT2D eigenvalue weighted by Crippen LogP contribution is 2.25. The summed E-state index contributed by atoms with van der Waals surface area (Å²) in [5.41, 5.74) is 0.741. The molecule has 2 aromatic rings. The smallest absolute Gasteiger partial charge is 0.152 e. The Kier molecular flexibility index (Phi) is 4.68. The molecule has 1 heterocycles. The molecule has 21 heavy (non-hydrogen) atoms. The number of benzene rings is 1. The Labute approximate surface area is 129 Å². The first-order chi connectivity index (χ1) is 9.84. The summed E-state index contributed by atoms with van der Waals surface area (Å²) >= 11 is 5.97. The number of sulfone groups is 1. The molecule has 0 amide bonds. The molecule has 0 saturated heterocycles. The minimum atomic E-state index is -3.04. The van der Waals surface area contributed by atoms with Crippen LogP contribution in [0, 0.1) is 0 Å². The molecule has 1 atom stereocenters. The summed E-state index contributed by atoms with van der Waals surface area (Å²) in [6.07, 6.45) is 1.46. The molecule has 2 rings (SSSR count). The maximum atomic E-state index is 11.8. The van der Waals surface area contributed by atoms with E-state index in [9.17, 15) is 8.42 Å². The predicted octanol–water partition coefficient (Wildman–Crippen LogP) is 2.54. The lowest BCUT2D eigenvalue weighted by atomic mass is 10.2. The van der Waals surface area contributed by atoms with Gasteiger partial charge in [0.1, 0.15) is 12.1 Å². The summed E-state index contributed by atoms with van der Waals surface area (Å²) in [5.74, 6) is 0.945. The lowest BCUT2D eigenvalue weighted by Gasteiger charge is -2.26. The highest BCUT2D eigenvalue weighted by atomic mass is 35.5. The highest BCUT2D eigenvalue weighted by Gasteiger charge is 2.20. The summed E-state index contributed by atoms with van der Waals surface area (Å²) in [4.78, 5) is 10.4. The molecular formula is C14H18ClN3O2S. The second-order valence-electron chi connectivity index (χ2n) is 5.02. The summed E-state index contributed by atoms with van der Waals surface area (Å²) in [6, 6.07) is 5.22. The summed E-state index contributed by atoms with van der Waals surface area (Å²) in [6.45, 7) is 3.53. The Bertz CT molecular complexity index is 749. The van der Waals surface area contributed by atoms with Gasteiger partial charge in [-0.25, -0.2) is 18.4 Å². The van der Waals surface area contributed by atoms with Crippen LogP contribution in [-0.4, -0.2) is 43.0 Å². The molecule has 0 fully saturated rings. The van der Waals surface area contributed by atoms with Crippen molar-refractivity contribution in [2.24, 2.45) is 0 Å². The summed E-state index contributed by atoms with van der Waals surface area (Å²) < 4.78 is 23.6. The van der Waals surface area contributed by atoms with Crippen LogP contribution < -0.4 is 4.90 Å². The van der Waals surface area contributed by atoms with E-state index in [-0.39, 0.29) is 17.5 Å². The molecule has 114 valence electrons. The normalized spacial score (nSPS) is 13.3. The van der Waals surface area contributed by atoms with Gasteiger partial charge in [0, 0.05) is 29.3 Å². The number of nitrogens with zero attached hydrogens (tertiary/aromatic N) is 3. The Morgan fingerprint density at radius 3 is 2.71 bits per heavy atom. The quantitative estimate of drug-likeness (QED) is 0.844. The van der Waals surface area contributed by atoms with E-state index in [4.69, 9.17) is 11.6 Å². The van der Waals surface area contributed by atoms with Crippen molar-refractivity contribution in [1.82, 2.24) is 9.97 Å². The van der Waals surface area contributed by atoms with Crippen molar-refractivity contribution in [3.63, 3.8) is 0 Å². The maximum Gasteiger partial charge on any atom is 0.152 e. The van der Waals surface area contributed by atoms with Crippen LogP contribution in [0.15, 0.2) is 24.5 Å². The zero-order valence-electron chi connectivity index (χ0n) is 12.2. The maximum absolute atomic E-state index is 11.8. The van der Waals surface area contributed by atoms with Crippen molar-refractivity contribution in [2.75, 3.05) is 23.5 Å². The molecule has 1 aromatic heterocycles. The second-order valence-corrected chi connectivity index (χ2v) is 7.85. The van der Waals surface area contributed by atoms with Crippen LogP contribution in [0.3, 0.4) is 0 Å². The van der Waals surface area contributed by atoms with Crippen LogP contribution >= 0.6 is 11.6 Å². The molecule has 7 heteroatoms. The van der Waals surface area contributed by atoms with Gasteiger partial charge in [-0.05, 0) is 25.1 Å². The molecule has 0 unspecified atom stereocenters. The summed E-state index contributed by atoms with van der Waals surface area (Å²) in [7, 11) is -1.20. The standard InChI is InChI=1S/C14H18ClN3O2S/c1-4-21(19,20)8-10(2)18(3)14-12-6-5-11(15)7-13(12)16-9-17-14/h5-7,9-10H,4,8H2,1-3H3/t10-/m0/s1. The van der Waals surface area contributed by atoms with Gasteiger partial charge >= 0.3 is 0 Å². The number of halogens is 1. The van der Waals surface area contributed by atoms with E-state index in [1.165, 1.54) is 6.33 Å². The van der Waals surface area contributed by atoms with Crippen LogP contribution in [0.25, 0.3) is 10.9 Å². The van der Waals surface area contributed by atoms with Crippen molar-refractivity contribution < 1.29 is 8.42 Å². The minimum Gasteiger partial charge on any atom is -0.355 e. The summed E-state index contributed by atoms with van der Waals surface area (Å²) in [5, 5.41) is 1.46. The molecular weight excluding hydrogens is 310 g/mol. The van der Waals surface area contributed by atoms with E-state index in [0.717, 1.165) is 10.9 Å². The van der Waals surface area contributed by atoms with E-state index in [1.54, 1.807) is 19.1 Å². The van der Waals surface area contributed by atoms with E-state index < -0.39 is 9.84 Å². The van der Waals surface area contributed by atoms with Gasteiger partial charge in [0.05, 0.1) is 11.3 Å². The molecule has 0 aliphatic rings. The lowest BCUT2D eigenvalue weighted by Crippen LogP contribution is -2.36. The fraction of sp³-hybridized carbons (Fsp3) is 0.429. The second kappa shape index (κ2) is 6.15. The third-order valence-electron chi connectivity index (χ3n) is 3.51. The number of hydrogen-bond acceptors (Lipinski definition) is 5. The van der Waals surface area contributed by atoms with Crippen LogP contribution in [0.1, 0.15) is 13.8 Å². The fourth-order valence-corrected chi connectivity index (χ4v) is 3.46. The molecule has 5 nitrogen and oxygen atoms in total. The molecule has 0 aliphatic heterocycles. The van der Waals surface area contributed by atoms with Gasteiger partial charge < -0.3 is 4.90 Å². The Hall–Kier alpha value is -1.40. The van der Waals surface area contributed by atoms with Crippen LogP contribution in [0.4, 0.5) is 5.82 Å². The Balaban J connectivity index is 2.37. The van der Waals surface area contributed by atoms with Crippen molar-refractivity contribution in [2.45, 2.75) is 19.9 Å². The SMILES string of the molecule is CCS(=O)(=O)C[C@H](C)N(C)c1ncnc2cc(Cl)ccc12. The van der Waals surface area contributed by atoms with Crippen molar-refractivity contribution in [1.29, 1.82) is 0 Å². The van der Waals surface area contributed by atoms with Crippen LogP contribution in [-0.2, 0) is 9.84 Å². The molecule has 0 aliphatic carbocycles. The molecule has 0 saturated carbocycles. The van der Waals surface area contributed by atoms with Gasteiger partial charge in [0.15, 0.2) is 9.84 Å². The average molecular weight is 328 g/mol. The first kappa shape index (κ1) is 16.0. The zero-order chi connectivity index (χ0) is 15.6. The number of hydrogen-bond donors (Lipinski definition) is 0. The first-order valence-electron chi connectivity index (χ1n) is 6.67. The third-order valence-corrected chi connectivity index (χ3v) is 5.61. The van der Waals surface area contributed by atoms with Gasteiger partial charge in [-0.1, -0.05) is 18.5 Å². The van der Waals surface area contributed by atoms with Gasteiger partial charge in [0.2, 0.25) is 0 Å². The number of rotatable bonds is 5. The zero-order valence-corrected chi connectivity index (χ0v) is 13.8. The minimum absolute atomic E-state index is 0.0963. The van der Waals surface area contributed by atoms with E-state index in [0.29, 0.717) is 10.8 Å². The monoisotopic (exact) mass is 327 g/mol. The third kappa shape index (κ3) is 3.63. The molecule has 0 radical (unpaired) electrons. The molecule has 0 bridgehead atoms. The number of fused-ring (bicyclic) bond motifs is 1. The number of anilines is 1. The number of aromatic nitrogens is 2. The molecule has 0 N–H and O–H groups in total. The lowest BCUT2D eigenvalue weighted by molar-refractivity contribution is 0.588. The molecule has 0 spiro atoms. The van der Waals surface area contributed by atoms with Crippen LogP contribution in [0.2, 0.25) is 5.02 Å². The van der Waals surface area contributed by atoms with Gasteiger partial charge in [-0.15, -0.1) is 0 Å². The topological polar surface area (TPSA) is 63.2 Å². The Morgan fingerprint density at radius 1 is 1.33 bits per heavy atom.